The number of hydrogen-bond acceptors (Lipinski definition) is 3. The highest BCUT2D eigenvalue weighted by Crippen LogP contribution is 2.15. The quantitative estimate of drug-likeness (QED) is 0.778. The van der Waals surface area contributed by atoms with Crippen LogP contribution in [0.5, 0.6) is 0 Å². The molecule has 0 saturated heterocycles. The molecule has 1 aromatic rings. The van der Waals surface area contributed by atoms with Gasteiger partial charge in [-0.25, -0.2) is 4.98 Å². The van der Waals surface area contributed by atoms with Crippen LogP contribution < -0.4 is 5.32 Å². The van der Waals surface area contributed by atoms with Crippen LogP contribution in [-0.4, -0.2) is 11.0 Å². The van der Waals surface area contributed by atoms with Crippen LogP contribution in [0.15, 0.2) is 11.6 Å². The van der Waals surface area contributed by atoms with E-state index < -0.39 is 0 Å². The van der Waals surface area contributed by atoms with E-state index in [2.05, 4.69) is 31.1 Å². The Hall–Kier alpha value is -0.410. The average molecular weight is 184 g/mol. The fourth-order valence-corrected chi connectivity index (χ4v) is 1.72. The molecule has 0 aromatic carbocycles. The zero-order chi connectivity index (χ0) is 8.97. The predicted molar refractivity (Wildman–Crippen MR) is 53.4 cm³/mol. The highest BCUT2D eigenvalue weighted by atomic mass is 32.1. The van der Waals surface area contributed by atoms with Crippen molar-refractivity contribution in [1.29, 1.82) is 0 Å². The van der Waals surface area contributed by atoms with Crippen molar-refractivity contribution in [2.45, 2.75) is 39.3 Å². The molecule has 0 aliphatic carbocycles. The van der Waals surface area contributed by atoms with Crippen LogP contribution >= 0.6 is 11.3 Å². The van der Waals surface area contributed by atoms with E-state index in [1.807, 2.05) is 11.6 Å². The van der Waals surface area contributed by atoms with E-state index in [1.54, 1.807) is 11.3 Å². The van der Waals surface area contributed by atoms with Crippen LogP contribution in [0.1, 0.15) is 38.2 Å². The van der Waals surface area contributed by atoms with E-state index in [0.717, 1.165) is 6.42 Å². The second kappa shape index (κ2) is 4.58. The topological polar surface area (TPSA) is 24.9 Å². The summed E-state index contributed by atoms with van der Waals surface area (Å²) >= 11 is 1.71. The van der Waals surface area contributed by atoms with E-state index in [4.69, 9.17) is 0 Å². The highest BCUT2D eigenvalue weighted by Gasteiger charge is 2.09. The first-order valence-corrected chi connectivity index (χ1v) is 5.27. The highest BCUT2D eigenvalue weighted by molar-refractivity contribution is 7.09. The Morgan fingerprint density at radius 1 is 1.58 bits per heavy atom. The first-order chi connectivity index (χ1) is 5.74. The maximum Gasteiger partial charge on any atom is 0.109 e. The molecule has 0 aliphatic heterocycles. The van der Waals surface area contributed by atoms with Crippen molar-refractivity contribution in [2.24, 2.45) is 0 Å². The summed E-state index contributed by atoms with van der Waals surface area (Å²) in [6, 6.07) is 0.962. The monoisotopic (exact) mass is 184 g/mol. The smallest absolute Gasteiger partial charge is 0.109 e. The summed E-state index contributed by atoms with van der Waals surface area (Å²) in [5, 5.41) is 6.67. The van der Waals surface area contributed by atoms with E-state index in [1.165, 1.54) is 5.01 Å². The number of hydrogen-bond donors (Lipinski definition) is 1. The largest absolute Gasteiger partial charge is 0.306 e. The lowest BCUT2D eigenvalue weighted by molar-refractivity contribution is 0.468. The van der Waals surface area contributed by atoms with Gasteiger partial charge in [-0.15, -0.1) is 11.3 Å². The van der Waals surface area contributed by atoms with Gasteiger partial charge in [-0.2, -0.15) is 0 Å². The first kappa shape index (κ1) is 9.68. The van der Waals surface area contributed by atoms with E-state index in [0.29, 0.717) is 12.1 Å². The van der Waals surface area contributed by atoms with Gasteiger partial charge >= 0.3 is 0 Å². The second-order valence-corrected chi connectivity index (χ2v) is 3.99. The molecule has 1 rings (SSSR count). The van der Waals surface area contributed by atoms with Crippen molar-refractivity contribution in [2.75, 3.05) is 0 Å². The van der Waals surface area contributed by atoms with Gasteiger partial charge in [0.15, 0.2) is 0 Å². The fourth-order valence-electron chi connectivity index (χ4n) is 1.06. The van der Waals surface area contributed by atoms with Gasteiger partial charge in [0.05, 0.1) is 6.04 Å². The Balaban J connectivity index is 2.44. The molecule has 0 radical (unpaired) electrons. The molecule has 12 heavy (non-hydrogen) atoms. The molecule has 0 amide bonds. The molecule has 0 fully saturated rings. The summed E-state index contributed by atoms with van der Waals surface area (Å²) in [6.45, 7) is 6.54. The van der Waals surface area contributed by atoms with Crippen molar-refractivity contribution in [3.8, 4) is 0 Å². The molecule has 0 bridgehead atoms. The van der Waals surface area contributed by atoms with Crippen LogP contribution in [0, 0.1) is 0 Å². The summed E-state index contributed by atoms with van der Waals surface area (Å²) in [5.74, 6) is 0. The molecular formula is C9H16N2S. The number of nitrogens with one attached hydrogen (secondary N) is 1. The van der Waals surface area contributed by atoms with Gasteiger partial charge in [0.2, 0.25) is 0 Å². The first-order valence-electron chi connectivity index (χ1n) is 4.39. The Morgan fingerprint density at radius 3 is 2.83 bits per heavy atom. The van der Waals surface area contributed by atoms with E-state index in [9.17, 15) is 0 Å². The summed E-state index contributed by atoms with van der Waals surface area (Å²) in [5.41, 5.74) is 0. The molecular weight excluding hydrogens is 168 g/mol. The normalized spacial score (nSPS) is 15.9. The van der Waals surface area contributed by atoms with Crippen LogP contribution in [0.4, 0.5) is 0 Å². The molecule has 1 aromatic heterocycles. The van der Waals surface area contributed by atoms with Crippen LogP contribution in [0.2, 0.25) is 0 Å². The van der Waals surface area contributed by atoms with E-state index in [-0.39, 0.29) is 0 Å². The number of aromatic nitrogens is 1. The van der Waals surface area contributed by atoms with Crippen LogP contribution in [0.25, 0.3) is 0 Å². The Kier molecular flexibility index (Phi) is 3.69. The number of thiazole rings is 1. The van der Waals surface area contributed by atoms with Crippen molar-refractivity contribution >= 4 is 11.3 Å². The van der Waals surface area contributed by atoms with Crippen molar-refractivity contribution < 1.29 is 0 Å². The minimum absolute atomic E-state index is 0.389. The maximum absolute atomic E-state index is 4.26. The molecule has 2 atom stereocenters. The minimum Gasteiger partial charge on any atom is -0.306 e. The average Bonchev–Trinajstić information content (AvgIpc) is 2.56. The van der Waals surface area contributed by atoms with E-state index >= 15 is 0 Å². The molecule has 1 N–H and O–H groups in total. The number of rotatable bonds is 4. The summed E-state index contributed by atoms with van der Waals surface area (Å²) < 4.78 is 0. The molecule has 1 heterocycles. The third-order valence-corrected chi connectivity index (χ3v) is 2.93. The zero-order valence-corrected chi connectivity index (χ0v) is 8.69. The summed E-state index contributed by atoms with van der Waals surface area (Å²) in [6.07, 6.45) is 3.02. The minimum atomic E-state index is 0.389. The fraction of sp³-hybridized carbons (Fsp3) is 0.667. The molecule has 2 nitrogen and oxygen atoms in total. The van der Waals surface area contributed by atoms with Gasteiger partial charge in [0.1, 0.15) is 5.01 Å². The van der Waals surface area contributed by atoms with Gasteiger partial charge in [0, 0.05) is 17.6 Å². The molecule has 0 unspecified atom stereocenters. The Morgan fingerprint density at radius 2 is 2.33 bits per heavy atom. The van der Waals surface area contributed by atoms with Crippen LogP contribution in [0.3, 0.4) is 0 Å². The third-order valence-electron chi connectivity index (χ3n) is 1.97. The molecule has 0 aliphatic rings. The van der Waals surface area contributed by atoms with Crippen LogP contribution in [-0.2, 0) is 0 Å². The van der Waals surface area contributed by atoms with Gasteiger partial charge in [0.25, 0.3) is 0 Å². The lowest BCUT2D eigenvalue weighted by Crippen LogP contribution is -2.27. The van der Waals surface area contributed by atoms with Crippen molar-refractivity contribution in [3.05, 3.63) is 16.6 Å². The van der Waals surface area contributed by atoms with Gasteiger partial charge in [-0.05, 0) is 20.3 Å². The lowest BCUT2D eigenvalue weighted by atomic mass is 10.2. The summed E-state index contributed by atoms with van der Waals surface area (Å²) in [4.78, 5) is 4.26. The lowest BCUT2D eigenvalue weighted by Gasteiger charge is -2.16. The second-order valence-electron chi connectivity index (χ2n) is 3.07. The predicted octanol–water partition coefficient (Wildman–Crippen LogP) is 2.59. The summed E-state index contributed by atoms with van der Waals surface area (Å²) in [7, 11) is 0. The molecule has 0 spiro atoms. The van der Waals surface area contributed by atoms with Crippen molar-refractivity contribution in [1.82, 2.24) is 10.3 Å². The van der Waals surface area contributed by atoms with Gasteiger partial charge < -0.3 is 5.32 Å². The standard InChI is InChI=1S/C9H16N2S/c1-4-7(2)11-8(3)9-10-5-6-12-9/h5-8,11H,4H2,1-3H3/t7-,8-/m1/s1. The SMILES string of the molecule is CC[C@@H](C)N[C@H](C)c1nccs1. The van der Waals surface area contributed by atoms with Gasteiger partial charge in [-0.1, -0.05) is 6.92 Å². The van der Waals surface area contributed by atoms with Gasteiger partial charge in [-0.3, -0.25) is 0 Å². The molecule has 0 saturated carbocycles. The van der Waals surface area contributed by atoms with Crippen molar-refractivity contribution in [3.63, 3.8) is 0 Å². The molecule has 3 heteroatoms. The maximum atomic E-state index is 4.26. The molecule has 68 valence electrons. The Bertz CT molecular complexity index is 208. The zero-order valence-electron chi connectivity index (χ0n) is 7.87. The Labute approximate surface area is 78.0 Å². The number of nitrogens with zero attached hydrogens (tertiary/aromatic N) is 1. The third kappa shape index (κ3) is 2.57.